The Balaban J connectivity index is 1.28. The van der Waals surface area contributed by atoms with Gasteiger partial charge in [-0.3, -0.25) is 4.79 Å². The van der Waals surface area contributed by atoms with Crippen LogP contribution >= 0.6 is 23.2 Å². The Morgan fingerprint density at radius 3 is 2.60 bits per heavy atom. The summed E-state index contributed by atoms with van der Waals surface area (Å²) in [5.41, 5.74) is 4.85. The lowest BCUT2D eigenvalue weighted by Crippen LogP contribution is -2.07. The highest BCUT2D eigenvalue weighted by Gasteiger charge is 2.11. The number of amides is 1. The summed E-state index contributed by atoms with van der Waals surface area (Å²) in [6.45, 7) is 2.11. The molecule has 0 aliphatic heterocycles. The summed E-state index contributed by atoms with van der Waals surface area (Å²) in [7, 11) is 0. The minimum absolute atomic E-state index is 0.300. The number of carbonyl (C=O) groups excluding carboxylic acids is 1. The first kappa shape index (κ1) is 22.9. The maximum absolute atomic E-state index is 12.5. The van der Waals surface area contributed by atoms with Crippen LogP contribution in [0.25, 0.3) is 34.1 Å². The normalized spacial score (nSPS) is 11.4. The molecule has 35 heavy (non-hydrogen) atoms. The minimum atomic E-state index is -0.300. The summed E-state index contributed by atoms with van der Waals surface area (Å²) in [6.07, 6.45) is 3.97. The zero-order chi connectivity index (χ0) is 24.4. The fourth-order valence-corrected chi connectivity index (χ4v) is 3.99. The Morgan fingerprint density at radius 2 is 1.80 bits per heavy atom. The second-order valence-electron chi connectivity index (χ2n) is 7.84. The molecule has 174 valence electrons. The number of nitrogens with one attached hydrogen (secondary N) is 1. The maximum Gasteiger partial charge on any atom is 0.248 e. The second-order valence-corrected chi connectivity index (χ2v) is 8.62. The van der Waals surface area contributed by atoms with Crippen molar-refractivity contribution in [3.63, 3.8) is 0 Å². The summed E-state index contributed by atoms with van der Waals surface area (Å²) in [5, 5.41) is 12.8. The molecule has 2 heterocycles. The van der Waals surface area contributed by atoms with Crippen molar-refractivity contribution in [3.05, 3.63) is 100 Å². The lowest BCUT2D eigenvalue weighted by Gasteiger charge is -2.02. The molecule has 0 aliphatic rings. The predicted octanol–water partition coefficient (Wildman–Crippen LogP) is 7.20. The maximum atomic E-state index is 12.5. The van der Waals surface area contributed by atoms with Gasteiger partial charge in [0.15, 0.2) is 0 Å². The molecule has 2 aromatic heterocycles. The van der Waals surface area contributed by atoms with Crippen LogP contribution < -0.4 is 5.32 Å². The van der Waals surface area contributed by atoms with E-state index in [1.807, 2.05) is 24.3 Å². The molecule has 8 heteroatoms. The van der Waals surface area contributed by atoms with E-state index < -0.39 is 0 Å². The molecule has 0 spiro atoms. The largest absolute Gasteiger partial charge is 0.457 e. The van der Waals surface area contributed by atoms with Crippen molar-refractivity contribution in [2.75, 3.05) is 5.32 Å². The van der Waals surface area contributed by atoms with Crippen LogP contribution in [0.1, 0.15) is 18.2 Å². The molecule has 0 fully saturated rings. The highest BCUT2D eigenvalue weighted by molar-refractivity contribution is 6.43. The standard InChI is InChI=1S/C27H20Cl2N4O2/c1-2-17-6-9-19(10-7-17)33-31-23-13-8-18(16-24(23)32-33)30-26(34)15-12-20-11-14-25(35-20)21-4-3-5-22(28)27(21)29/h3-16H,2H2,1H3,(H,30,34)/b15-12+. The van der Waals surface area contributed by atoms with Crippen molar-refractivity contribution in [2.45, 2.75) is 13.3 Å². The number of rotatable bonds is 6. The van der Waals surface area contributed by atoms with Gasteiger partial charge in [-0.05, 0) is 72.7 Å². The molecule has 0 unspecified atom stereocenters. The number of furan rings is 1. The van der Waals surface area contributed by atoms with E-state index in [0.717, 1.165) is 17.6 Å². The fraction of sp³-hybridized carbons (Fsp3) is 0.0741. The Labute approximate surface area is 211 Å². The number of carbonyl (C=O) groups is 1. The smallest absolute Gasteiger partial charge is 0.248 e. The van der Waals surface area contributed by atoms with Crippen molar-refractivity contribution in [2.24, 2.45) is 0 Å². The lowest BCUT2D eigenvalue weighted by atomic mass is 10.2. The first-order valence-electron chi connectivity index (χ1n) is 11.0. The molecule has 1 N–H and O–H groups in total. The van der Waals surface area contributed by atoms with Crippen LogP contribution in [0.3, 0.4) is 0 Å². The van der Waals surface area contributed by atoms with Gasteiger partial charge in [0.1, 0.15) is 22.6 Å². The predicted molar refractivity (Wildman–Crippen MR) is 140 cm³/mol. The summed E-state index contributed by atoms with van der Waals surface area (Å²) in [5.74, 6) is 0.778. The van der Waals surface area contributed by atoms with Crippen molar-refractivity contribution in [1.82, 2.24) is 15.0 Å². The minimum Gasteiger partial charge on any atom is -0.457 e. The molecule has 6 nitrogen and oxygen atoms in total. The van der Waals surface area contributed by atoms with E-state index in [0.29, 0.717) is 38.3 Å². The Hall–Kier alpha value is -3.87. The second kappa shape index (κ2) is 9.78. The number of aromatic nitrogens is 3. The number of hydrogen-bond acceptors (Lipinski definition) is 4. The number of benzene rings is 3. The van der Waals surface area contributed by atoms with Gasteiger partial charge in [0.2, 0.25) is 5.91 Å². The van der Waals surface area contributed by atoms with Gasteiger partial charge >= 0.3 is 0 Å². The van der Waals surface area contributed by atoms with E-state index >= 15 is 0 Å². The van der Waals surface area contributed by atoms with Crippen molar-refractivity contribution < 1.29 is 9.21 Å². The quantitative estimate of drug-likeness (QED) is 0.249. The molecule has 0 saturated carbocycles. The zero-order valence-electron chi connectivity index (χ0n) is 18.7. The molecule has 0 radical (unpaired) electrons. The SMILES string of the molecule is CCc1ccc(-n2nc3ccc(NC(=O)/C=C/c4ccc(-c5cccc(Cl)c5Cl)o4)cc3n2)cc1. The van der Waals surface area contributed by atoms with Crippen LogP contribution in [-0.2, 0) is 11.2 Å². The first-order chi connectivity index (χ1) is 17.0. The van der Waals surface area contributed by atoms with Gasteiger partial charge in [0.25, 0.3) is 0 Å². The van der Waals surface area contributed by atoms with Gasteiger partial charge in [-0.15, -0.1) is 10.2 Å². The van der Waals surface area contributed by atoms with E-state index in [-0.39, 0.29) is 5.91 Å². The topological polar surface area (TPSA) is 73.0 Å². The third-order valence-corrected chi connectivity index (χ3v) is 6.29. The molecule has 0 bridgehead atoms. The molecule has 0 aliphatic carbocycles. The van der Waals surface area contributed by atoms with Gasteiger partial charge in [0, 0.05) is 17.3 Å². The monoisotopic (exact) mass is 502 g/mol. The molecular weight excluding hydrogens is 483 g/mol. The fourth-order valence-electron chi connectivity index (χ4n) is 3.60. The molecular formula is C27H20Cl2N4O2. The number of nitrogens with zero attached hydrogens (tertiary/aromatic N) is 3. The number of halogens is 2. The highest BCUT2D eigenvalue weighted by atomic mass is 35.5. The number of fused-ring (bicyclic) bond motifs is 1. The lowest BCUT2D eigenvalue weighted by molar-refractivity contribution is -0.111. The van der Waals surface area contributed by atoms with E-state index in [1.165, 1.54) is 11.6 Å². The molecule has 5 aromatic rings. The van der Waals surface area contributed by atoms with E-state index in [2.05, 4.69) is 34.6 Å². The van der Waals surface area contributed by atoms with E-state index in [9.17, 15) is 4.79 Å². The first-order valence-corrected chi connectivity index (χ1v) is 11.8. The van der Waals surface area contributed by atoms with Crippen LogP contribution in [0.2, 0.25) is 10.0 Å². The van der Waals surface area contributed by atoms with Crippen LogP contribution in [0.15, 0.2) is 83.3 Å². The number of hydrogen-bond donors (Lipinski definition) is 1. The van der Waals surface area contributed by atoms with Gasteiger partial charge in [-0.25, -0.2) is 0 Å². The van der Waals surface area contributed by atoms with Gasteiger partial charge in [-0.1, -0.05) is 48.3 Å². The average molecular weight is 503 g/mol. The Kier molecular flexibility index (Phi) is 6.40. The van der Waals surface area contributed by atoms with Gasteiger partial charge < -0.3 is 9.73 Å². The summed E-state index contributed by atoms with van der Waals surface area (Å²) in [4.78, 5) is 14.1. The summed E-state index contributed by atoms with van der Waals surface area (Å²) < 4.78 is 5.79. The number of anilines is 1. The zero-order valence-corrected chi connectivity index (χ0v) is 20.2. The van der Waals surface area contributed by atoms with Crippen molar-refractivity contribution in [3.8, 4) is 17.0 Å². The van der Waals surface area contributed by atoms with Crippen LogP contribution in [0.4, 0.5) is 5.69 Å². The van der Waals surface area contributed by atoms with Crippen molar-refractivity contribution >= 4 is 51.9 Å². The summed E-state index contributed by atoms with van der Waals surface area (Å²) in [6, 6.07) is 22.4. The molecule has 3 aromatic carbocycles. The molecule has 5 rings (SSSR count). The van der Waals surface area contributed by atoms with E-state index in [4.69, 9.17) is 27.6 Å². The van der Waals surface area contributed by atoms with Crippen molar-refractivity contribution in [1.29, 1.82) is 0 Å². The molecule has 0 saturated heterocycles. The Bertz CT molecular complexity index is 1550. The third kappa shape index (κ3) is 4.99. The van der Waals surface area contributed by atoms with Crippen LogP contribution in [0, 0.1) is 0 Å². The number of aryl methyl sites for hydroxylation is 1. The molecule has 0 atom stereocenters. The van der Waals surface area contributed by atoms with Gasteiger partial charge in [0.05, 0.1) is 15.7 Å². The summed E-state index contributed by atoms with van der Waals surface area (Å²) >= 11 is 12.3. The van der Waals surface area contributed by atoms with E-state index in [1.54, 1.807) is 47.3 Å². The van der Waals surface area contributed by atoms with Crippen LogP contribution in [0.5, 0.6) is 0 Å². The molecule has 1 amide bonds. The highest BCUT2D eigenvalue weighted by Crippen LogP contribution is 2.34. The Morgan fingerprint density at radius 1 is 1.00 bits per heavy atom. The average Bonchev–Trinajstić information content (AvgIpc) is 3.51. The van der Waals surface area contributed by atoms with Crippen LogP contribution in [-0.4, -0.2) is 20.9 Å². The third-order valence-electron chi connectivity index (χ3n) is 5.47. The van der Waals surface area contributed by atoms with Gasteiger partial charge in [-0.2, -0.15) is 4.80 Å².